The van der Waals surface area contributed by atoms with Crippen molar-refractivity contribution in [1.29, 1.82) is 0 Å². The van der Waals surface area contributed by atoms with Crippen LogP contribution >= 0.6 is 11.6 Å². The second-order valence-electron chi connectivity index (χ2n) is 8.35. The van der Waals surface area contributed by atoms with Crippen LogP contribution in [0.4, 0.5) is 0 Å². The van der Waals surface area contributed by atoms with Crippen molar-refractivity contribution in [3.05, 3.63) is 99.6 Å². The predicted molar refractivity (Wildman–Crippen MR) is 124 cm³/mol. The zero-order valence-electron chi connectivity index (χ0n) is 17.7. The predicted octanol–water partition coefficient (Wildman–Crippen LogP) is 4.39. The third-order valence-electron chi connectivity index (χ3n) is 6.36. The second-order valence-corrected chi connectivity index (χ2v) is 8.79. The molecule has 162 valence electrons. The van der Waals surface area contributed by atoms with Crippen molar-refractivity contribution >= 4 is 23.1 Å². The van der Waals surface area contributed by atoms with Gasteiger partial charge < -0.3 is 10.0 Å². The summed E-state index contributed by atoms with van der Waals surface area (Å²) in [6.45, 7) is 1.35. The van der Waals surface area contributed by atoms with E-state index in [0.29, 0.717) is 31.0 Å². The molecule has 3 aromatic rings. The third kappa shape index (κ3) is 4.06. The molecule has 0 saturated carbocycles. The van der Waals surface area contributed by atoms with Crippen molar-refractivity contribution in [1.82, 2.24) is 14.9 Å². The Hall–Kier alpha value is -3.02. The molecule has 1 saturated heterocycles. The van der Waals surface area contributed by atoms with Gasteiger partial charge in [0.05, 0.1) is 18.2 Å². The van der Waals surface area contributed by atoms with Gasteiger partial charge in [-0.3, -0.25) is 14.8 Å². The van der Waals surface area contributed by atoms with Crippen molar-refractivity contribution in [3.8, 4) is 0 Å². The molecule has 5 nitrogen and oxygen atoms in total. The monoisotopic (exact) mass is 445 g/mol. The molecule has 1 unspecified atom stereocenters. The number of carbonyl (C=O) groups excluding carboxylic acids is 1. The number of fused-ring (bicyclic) bond motifs is 2. The van der Waals surface area contributed by atoms with Crippen LogP contribution in [0.3, 0.4) is 0 Å². The summed E-state index contributed by atoms with van der Waals surface area (Å²) in [6.07, 6.45) is 7.05. The fourth-order valence-electron chi connectivity index (χ4n) is 4.74. The topological polar surface area (TPSA) is 66.3 Å². The molecule has 0 bridgehead atoms. The van der Waals surface area contributed by atoms with Gasteiger partial charge in [0.1, 0.15) is 0 Å². The summed E-state index contributed by atoms with van der Waals surface area (Å²) in [5.41, 5.74) is 7.14. The first-order valence-electron chi connectivity index (χ1n) is 10.9. The van der Waals surface area contributed by atoms with Gasteiger partial charge in [-0.25, -0.2) is 0 Å². The molecule has 1 fully saturated rings. The van der Waals surface area contributed by atoms with E-state index in [1.807, 2.05) is 47.4 Å². The van der Waals surface area contributed by atoms with Crippen LogP contribution in [0, 0.1) is 0 Å². The summed E-state index contributed by atoms with van der Waals surface area (Å²) in [6, 6.07) is 13.5. The number of aromatic nitrogens is 2. The Kier molecular flexibility index (Phi) is 5.77. The smallest absolute Gasteiger partial charge is 0.227 e. The average Bonchev–Trinajstić information content (AvgIpc) is 2.93. The van der Waals surface area contributed by atoms with Crippen molar-refractivity contribution in [2.45, 2.75) is 31.8 Å². The molecular weight excluding hydrogens is 422 g/mol. The van der Waals surface area contributed by atoms with E-state index in [-0.39, 0.29) is 5.91 Å². The fourth-order valence-corrected chi connectivity index (χ4v) is 4.93. The molecule has 1 N–H and O–H groups in total. The minimum atomic E-state index is -0.629. The van der Waals surface area contributed by atoms with E-state index < -0.39 is 6.10 Å². The summed E-state index contributed by atoms with van der Waals surface area (Å²) >= 11 is 6.28. The quantitative estimate of drug-likeness (QED) is 0.635. The van der Waals surface area contributed by atoms with Gasteiger partial charge in [-0.05, 0) is 59.9 Å². The minimum absolute atomic E-state index is 0.141. The average molecular weight is 446 g/mol. The summed E-state index contributed by atoms with van der Waals surface area (Å²) < 4.78 is 0. The van der Waals surface area contributed by atoms with Crippen LogP contribution in [0.5, 0.6) is 0 Å². The van der Waals surface area contributed by atoms with Crippen LogP contribution in [0.15, 0.2) is 66.6 Å². The maximum atomic E-state index is 12.8. The molecular formula is C26H24ClN3O2. The molecule has 1 aromatic carbocycles. The lowest BCUT2D eigenvalue weighted by Crippen LogP contribution is -2.37. The Bertz CT molecular complexity index is 1180. The molecule has 0 spiro atoms. The maximum absolute atomic E-state index is 12.8. The van der Waals surface area contributed by atoms with Crippen LogP contribution in [0.1, 0.15) is 46.9 Å². The molecule has 5 rings (SSSR count). The number of benzene rings is 1. The van der Waals surface area contributed by atoms with Crippen LogP contribution in [0.25, 0.3) is 5.57 Å². The molecule has 3 heterocycles. The summed E-state index contributed by atoms with van der Waals surface area (Å²) in [5.74, 6) is 0.141. The van der Waals surface area contributed by atoms with Gasteiger partial charge in [-0.2, -0.15) is 0 Å². The Labute approximate surface area is 192 Å². The standard InChI is InChI=1S/C26H24ClN3O2/c27-20-3-4-21-19(15-20)16-23(31)22-2-1-9-29-26(22)25(21)18-7-12-30(13-8-18)24(32)14-17-5-10-28-11-6-17/h1-6,9-11,15,23,31H,7-8,12-14,16H2. The van der Waals surface area contributed by atoms with Gasteiger partial charge in [0.25, 0.3) is 0 Å². The Morgan fingerprint density at radius 2 is 1.88 bits per heavy atom. The van der Waals surface area contributed by atoms with Gasteiger partial charge in [0.2, 0.25) is 5.91 Å². The lowest BCUT2D eigenvalue weighted by atomic mass is 9.88. The number of aliphatic hydroxyl groups excluding tert-OH is 1. The van der Waals surface area contributed by atoms with E-state index >= 15 is 0 Å². The zero-order chi connectivity index (χ0) is 22.1. The first kappa shape index (κ1) is 20.9. The zero-order valence-corrected chi connectivity index (χ0v) is 18.4. The SMILES string of the molecule is O=C(Cc1ccncc1)N1CCC(=C2c3ccc(Cl)cc3CC(O)c3cccnc32)CC1. The van der Waals surface area contributed by atoms with Gasteiger partial charge in [0.15, 0.2) is 0 Å². The Morgan fingerprint density at radius 1 is 1.09 bits per heavy atom. The molecule has 1 aliphatic carbocycles. The highest BCUT2D eigenvalue weighted by atomic mass is 35.5. The van der Waals surface area contributed by atoms with Gasteiger partial charge in [-0.1, -0.05) is 29.3 Å². The Morgan fingerprint density at radius 3 is 2.66 bits per heavy atom. The molecule has 2 aliphatic rings. The van der Waals surface area contributed by atoms with Crippen molar-refractivity contribution in [2.75, 3.05) is 13.1 Å². The van der Waals surface area contributed by atoms with Gasteiger partial charge in [0, 0.05) is 54.3 Å². The second kappa shape index (κ2) is 8.85. The van der Waals surface area contributed by atoms with Crippen LogP contribution in [-0.2, 0) is 17.6 Å². The van der Waals surface area contributed by atoms with Crippen molar-refractivity contribution in [3.63, 3.8) is 0 Å². The number of piperidine rings is 1. The summed E-state index contributed by atoms with van der Waals surface area (Å²) in [4.78, 5) is 23.5. The first-order valence-corrected chi connectivity index (χ1v) is 11.3. The van der Waals surface area contributed by atoms with E-state index in [0.717, 1.165) is 46.4 Å². The highest BCUT2D eigenvalue weighted by Crippen LogP contribution is 2.41. The van der Waals surface area contributed by atoms with Crippen LogP contribution in [0.2, 0.25) is 5.02 Å². The van der Waals surface area contributed by atoms with Crippen molar-refractivity contribution < 1.29 is 9.90 Å². The van der Waals surface area contributed by atoms with Crippen LogP contribution < -0.4 is 0 Å². The third-order valence-corrected chi connectivity index (χ3v) is 6.60. The number of carbonyl (C=O) groups is 1. The molecule has 2 aromatic heterocycles. The van der Waals surface area contributed by atoms with Gasteiger partial charge >= 0.3 is 0 Å². The number of hydrogen-bond donors (Lipinski definition) is 1. The maximum Gasteiger partial charge on any atom is 0.227 e. The molecule has 0 radical (unpaired) electrons. The number of nitrogens with zero attached hydrogens (tertiary/aromatic N) is 3. The summed E-state index contributed by atoms with van der Waals surface area (Å²) in [7, 11) is 0. The fraction of sp³-hybridized carbons (Fsp3) is 0.269. The summed E-state index contributed by atoms with van der Waals surface area (Å²) in [5, 5.41) is 11.5. The lowest BCUT2D eigenvalue weighted by Gasteiger charge is -2.30. The van der Waals surface area contributed by atoms with E-state index in [1.165, 1.54) is 5.57 Å². The van der Waals surface area contributed by atoms with E-state index in [4.69, 9.17) is 11.6 Å². The molecule has 1 atom stereocenters. The number of halogens is 1. The van der Waals surface area contributed by atoms with E-state index in [9.17, 15) is 9.90 Å². The molecule has 6 heteroatoms. The number of pyridine rings is 2. The highest BCUT2D eigenvalue weighted by Gasteiger charge is 2.29. The normalized spacial score (nSPS) is 18.1. The van der Waals surface area contributed by atoms with Crippen LogP contribution in [-0.4, -0.2) is 39.0 Å². The number of hydrogen-bond acceptors (Lipinski definition) is 4. The number of rotatable bonds is 2. The number of aliphatic hydroxyl groups is 1. The minimum Gasteiger partial charge on any atom is -0.388 e. The number of likely N-dealkylation sites (tertiary alicyclic amines) is 1. The number of amides is 1. The molecule has 32 heavy (non-hydrogen) atoms. The Balaban J connectivity index is 1.47. The largest absolute Gasteiger partial charge is 0.388 e. The highest BCUT2D eigenvalue weighted by molar-refractivity contribution is 6.30. The van der Waals surface area contributed by atoms with Crippen molar-refractivity contribution in [2.24, 2.45) is 0 Å². The first-order chi connectivity index (χ1) is 15.6. The van der Waals surface area contributed by atoms with Gasteiger partial charge in [-0.15, -0.1) is 0 Å². The lowest BCUT2D eigenvalue weighted by molar-refractivity contribution is -0.130. The molecule has 1 amide bonds. The van der Waals surface area contributed by atoms with E-state index in [2.05, 4.69) is 9.97 Å². The van der Waals surface area contributed by atoms with E-state index in [1.54, 1.807) is 18.6 Å². The molecule has 1 aliphatic heterocycles.